The summed E-state index contributed by atoms with van der Waals surface area (Å²) >= 11 is 1.49. The SMILES string of the molecule is CCC1CCC(C(=O)OC2CCC(C(=O)OC3CCC(C(=O)Oc4ccc(OC(=O)C5CCC(OC(=O)[C@H]6CC[C@H](OC(=O)[C@H]7CC[C@H](CC)CC7)CC6)CC5)cc4-c4cccs4)CC3)CC2)CC1. The second-order valence-corrected chi connectivity index (χ2v) is 22.3. The highest BCUT2D eigenvalue weighted by Crippen LogP contribution is 2.40. The van der Waals surface area contributed by atoms with Crippen LogP contribution in [0, 0.1) is 47.3 Å². The molecule has 6 aliphatic carbocycles. The van der Waals surface area contributed by atoms with Crippen LogP contribution in [0.5, 0.6) is 11.5 Å². The summed E-state index contributed by atoms with van der Waals surface area (Å²) in [6, 6.07) is 8.94. The molecule has 2 aromatic rings. The zero-order chi connectivity index (χ0) is 48.3. The number of ether oxygens (including phenoxy) is 6. The summed E-state index contributed by atoms with van der Waals surface area (Å²) in [4.78, 5) is 79.9. The summed E-state index contributed by atoms with van der Waals surface area (Å²) in [5.41, 5.74) is 0.659. The first kappa shape index (κ1) is 51.1. The molecule has 13 heteroatoms. The smallest absolute Gasteiger partial charge is 0.314 e. The summed E-state index contributed by atoms with van der Waals surface area (Å²) in [5.74, 6) is -0.00625. The van der Waals surface area contributed by atoms with E-state index < -0.39 is 0 Å². The first-order valence-corrected chi connectivity index (χ1v) is 27.8. The lowest BCUT2D eigenvalue weighted by Gasteiger charge is -2.32. The Morgan fingerprint density at radius 1 is 0.420 bits per heavy atom. The maximum Gasteiger partial charge on any atom is 0.314 e. The van der Waals surface area contributed by atoms with Gasteiger partial charge in [-0.1, -0.05) is 32.8 Å². The minimum Gasteiger partial charge on any atom is -0.462 e. The quantitative estimate of drug-likeness (QED) is 0.0946. The number of esters is 6. The van der Waals surface area contributed by atoms with Gasteiger partial charge >= 0.3 is 35.8 Å². The number of hydrogen-bond acceptors (Lipinski definition) is 13. The molecular weight excluding hydrogens is 897 g/mol. The summed E-state index contributed by atoms with van der Waals surface area (Å²) in [6.45, 7) is 4.43. The summed E-state index contributed by atoms with van der Waals surface area (Å²) in [5, 5.41) is 1.94. The van der Waals surface area contributed by atoms with Crippen LogP contribution in [0.25, 0.3) is 10.4 Å². The van der Waals surface area contributed by atoms with E-state index in [-0.39, 0.29) is 95.7 Å². The fourth-order valence-electron chi connectivity index (χ4n) is 12.0. The van der Waals surface area contributed by atoms with Crippen molar-refractivity contribution in [1.82, 2.24) is 0 Å². The molecule has 0 N–H and O–H groups in total. The van der Waals surface area contributed by atoms with Crippen molar-refractivity contribution in [2.45, 2.75) is 205 Å². The minimum atomic E-state index is -0.337. The molecule has 1 heterocycles. The fourth-order valence-corrected chi connectivity index (χ4v) is 12.7. The summed E-state index contributed by atoms with van der Waals surface area (Å²) in [7, 11) is 0. The third kappa shape index (κ3) is 14.0. The zero-order valence-electron chi connectivity index (χ0n) is 41.1. The number of hydrogen-bond donors (Lipinski definition) is 0. The highest BCUT2D eigenvalue weighted by molar-refractivity contribution is 7.13. The molecule has 6 aliphatic rings. The molecule has 0 bridgehead atoms. The molecule has 0 radical (unpaired) electrons. The van der Waals surface area contributed by atoms with Crippen molar-refractivity contribution in [3.63, 3.8) is 0 Å². The van der Waals surface area contributed by atoms with Crippen LogP contribution in [-0.2, 0) is 47.7 Å². The van der Waals surface area contributed by atoms with Gasteiger partial charge in [-0.05, 0) is 196 Å². The van der Waals surface area contributed by atoms with Gasteiger partial charge in [-0.2, -0.15) is 0 Å². The third-order valence-corrected chi connectivity index (χ3v) is 17.7. The van der Waals surface area contributed by atoms with Gasteiger partial charge in [0.2, 0.25) is 0 Å². The molecule has 0 unspecified atom stereocenters. The van der Waals surface area contributed by atoms with Gasteiger partial charge in [-0.15, -0.1) is 11.3 Å². The van der Waals surface area contributed by atoms with Gasteiger partial charge < -0.3 is 28.4 Å². The molecule has 0 aliphatic heterocycles. The zero-order valence-corrected chi connectivity index (χ0v) is 41.9. The van der Waals surface area contributed by atoms with Crippen molar-refractivity contribution in [3.05, 3.63) is 35.7 Å². The lowest BCUT2D eigenvalue weighted by molar-refractivity contribution is -0.164. The van der Waals surface area contributed by atoms with Crippen LogP contribution in [0.2, 0.25) is 0 Å². The molecule has 1 aromatic carbocycles. The normalized spacial score (nSPS) is 31.9. The van der Waals surface area contributed by atoms with E-state index in [1.54, 1.807) is 18.2 Å². The average molecular weight is 973 g/mol. The Labute approximate surface area is 413 Å². The Morgan fingerprint density at radius 3 is 1.09 bits per heavy atom. The van der Waals surface area contributed by atoms with E-state index in [1.165, 1.54) is 24.2 Å². The molecule has 0 atom stereocenters. The van der Waals surface area contributed by atoms with Gasteiger partial charge in [0.25, 0.3) is 0 Å². The van der Waals surface area contributed by atoms with E-state index in [9.17, 15) is 28.8 Å². The van der Waals surface area contributed by atoms with Crippen LogP contribution in [0.15, 0.2) is 35.7 Å². The monoisotopic (exact) mass is 973 g/mol. The molecule has 0 saturated heterocycles. The molecule has 378 valence electrons. The molecule has 0 amide bonds. The third-order valence-electron chi connectivity index (χ3n) is 16.8. The van der Waals surface area contributed by atoms with Gasteiger partial charge in [-0.3, -0.25) is 28.8 Å². The van der Waals surface area contributed by atoms with Crippen molar-refractivity contribution in [1.29, 1.82) is 0 Å². The van der Waals surface area contributed by atoms with Crippen LogP contribution in [-0.4, -0.2) is 60.2 Å². The van der Waals surface area contributed by atoms with E-state index in [2.05, 4.69) is 13.8 Å². The van der Waals surface area contributed by atoms with Crippen LogP contribution >= 0.6 is 11.3 Å². The van der Waals surface area contributed by atoms with Crippen molar-refractivity contribution in [3.8, 4) is 21.9 Å². The Kier molecular flexibility index (Phi) is 18.3. The molecule has 0 spiro atoms. The predicted octanol–water partition coefficient (Wildman–Crippen LogP) is 12.1. The Balaban J connectivity index is 0.730. The largest absolute Gasteiger partial charge is 0.462 e. The second-order valence-electron chi connectivity index (χ2n) is 21.4. The Hall–Kier alpha value is -4.26. The number of benzene rings is 1. The molecule has 8 rings (SSSR count). The van der Waals surface area contributed by atoms with Crippen molar-refractivity contribution >= 4 is 47.2 Å². The van der Waals surface area contributed by atoms with E-state index in [0.29, 0.717) is 120 Å². The topological polar surface area (TPSA) is 158 Å². The van der Waals surface area contributed by atoms with Crippen LogP contribution in [0.1, 0.15) is 181 Å². The van der Waals surface area contributed by atoms with Crippen molar-refractivity contribution < 1.29 is 57.2 Å². The minimum absolute atomic E-state index is 0.0114. The number of carbonyl (C=O) groups is 6. The van der Waals surface area contributed by atoms with Gasteiger partial charge in [-0.25, -0.2) is 0 Å². The van der Waals surface area contributed by atoms with E-state index >= 15 is 0 Å². The van der Waals surface area contributed by atoms with Crippen LogP contribution in [0.3, 0.4) is 0 Å². The Bertz CT molecular complexity index is 2020. The molecule has 69 heavy (non-hydrogen) atoms. The van der Waals surface area contributed by atoms with Gasteiger partial charge in [0.05, 0.1) is 35.5 Å². The van der Waals surface area contributed by atoms with E-state index in [4.69, 9.17) is 28.4 Å². The molecule has 6 fully saturated rings. The summed E-state index contributed by atoms with van der Waals surface area (Å²) in [6.07, 6.45) is 19.5. The fraction of sp³-hybridized carbons (Fsp3) is 0.714. The van der Waals surface area contributed by atoms with Crippen LogP contribution < -0.4 is 9.47 Å². The second kappa shape index (κ2) is 24.7. The van der Waals surface area contributed by atoms with Crippen molar-refractivity contribution in [2.24, 2.45) is 47.3 Å². The molecule has 1 aromatic heterocycles. The lowest BCUT2D eigenvalue weighted by atomic mass is 9.81. The van der Waals surface area contributed by atoms with Gasteiger partial charge in [0, 0.05) is 10.4 Å². The number of rotatable bonds is 15. The predicted molar refractivity (Wildman–Crippen MR) is 260 cm³/mol. The maximum absolute atomic E-state index is 13.6. The number of carbonyl (C=O) groups excluding carboxylic acids is 6. The van der Waals surface area contributed by atoms with Crippen LogP contribution in [0.4, 0.5) is 0 Å². The van der Waals surface area contributed by atoms with Gasteiger partial charge in [0.1, 0.15) is 35.9 Å². The van der Waals surface area contributed by atoms with E-state index in [0.717, 1.165) is 68.1 Å². The first-order valence-electron chi connectivity index (χ1n) is 26.9. The lowest BCUT2D eigenvalue weighted by Crippen LogP contribution is -2.34. The first-order chi connectivity index (χ1) is 33.5. The molecular formula is C56H76O12S. The summed E-state index contributed by atoms with van der Waals surface area (Å²) < 4.78 is 35.7. The molecule has 12 nitrogen and oxygen atoms in total. The van der Waals surface area contributed by atoms with E-state index in [1.807, 2.05) is 17.5 Å². The maximum atomic E-state index is 13.6. The van der Waals surface area contributed by atoms with Gasteiger partial charge in [0.15, 0.2) is 0 Å². The molecule has 6 saturated carbocycles. The van der Waals surface area contributed by atoms with Crippen molar-refractivity contribution in [2.75, 3.05) is 0 Å². The Morgan fingerprint density at radius 2 is 0.754 bits per heavy atom. The standard InChI is InChI=1S/C56H76O12S/c1-3-35-7-11-37(12-8-35)51(57)63-43-23-15-39(16-24-43)53(59)65-45-27-19-41(20-28-45)55(61)67-47-31-32-49(48(34-47)50-6-5-33-69-50)68-56(62)42-21-29-46(30-22-42)66-54(60)40-17-25-44(26-18-40)64-52(58)38-13-9-36(4-2)10-14-38/h5-6,31-46H,3-4,7-30H2,1-2H3/t35-,36?,37-,38?,39-,40?,41?,42?,43-,44?,45?,46?. The highest BCUT2D eigenvalue weighted by Gasteiger charge is 2.38. The number of thiophene rings is 1. The average Bonchev–Trinajstić information content (AvgIpc) is 3.93. The highest BCUT2D eigenvalue weighted by atomic mass is 32.1.